The van der Waals surface area contributed by atoms with Crippen molar-refractivity contribution < 1.29 is 27.5 Å². The Morgan fingerprint density at radius 3 is 2.53 bits per heavy atom. The number of carbonyl (C=O) groups is 1. The van der Waals surface area contributed by atoms with E-state index in [9.17, 15) is 27.5 Å². The van der Waals surface area contributed by atoms with Gasteiger partial charge in [0.15, 0.2) is 0 Å². The van der Waals surface area contributed by atoms with Crippen molar-refractivity contribution in [1.29, 1.82) is 0 Å². The van der Waals surface area contributed by atoms with Gasteiger partial charge >= 0.3 is 5.97 Å². The molecule has 0 amide bonds. The van der Waals surface area contributed by atoms with Crippen LogP contribution in [0.1, 0.15) is 22.4 Å². The van der Waals surface area contributed by atoms with Crippen molar-refractivity contribution >= 4 is 38.4 Å². The summed E-state index contributed by atoms with van der Waals surface area (Å²) >= 11 is 1.09. The van der Waals surface area contributed by atoms with Gasteiger partial charge in [-0.25, -0.2) is 22.5 Å². The molecule has 4 nitrogen and oxygen atoms in total. The van der Waals surface area contributed by atoms with Crippen molar-refractivity contribution in [3.05, 3.63) is 52.5 Å². The minimum Gasteiger partial charge on any atom is -0.480 e. The standard InChI is InChI=1S/C21H16F4N2O2S/c1-10-17(13-3-2-4-15(25)19(13)27(10)9-16(28)29)21-26-18-14(8-24)11(6-22)5-12(7-23)20(18)30-21/h2-5H,6-9H2,1H3,(H,28,29). The number of hydrogen-bond acceptors (Lipinski definition) is 3. The Kier molecular flexibility index (Phi) is 5.23. The van der Waals surface area contributed by atoms with Crippen LogP contribution in [0.2, 0.25) is 0 Å². The minimum atomic E-state index is -1.14. The number of aliphatic carboxylic acids is 1. The Labute approximate surface area is 172 Å². The van der Waals surface area contributed by atoms with Gasteiger partial charge in [-0.15, -0.1) is 11.3 Å². The second-order valence-corrected chi connectivity index (χ2v) is 7.85. The van der Waals surface area contributed by atoms with Crippen LogP contribution in [0.25, 0.3) is 31.7 Å². The SMILES string of the molecule is Cc1c(-c2nc3c(CF)c(CF)cc(CF)c3s2)c2cccc(F)c2n1CC(=O)O. The average Bonchev–Trinajstić information content (AvgIpc) is 3.26. The molecule has 0 saturated heterocycles. The van der Waals surface area contributed by atoms with Crippen LogP contribution in [0.15, 0.2) is 24.3 Å². The number of carboxylic acids is 1. The molecule has 2 aromatic carbocycles. The zero-order valence-corrected chi connectivity index (χ0v) is 16.6. The highest BCUT2D eigenvalue weighted by atomic mass is 32.1. The van der Waals surface area contributed by atoms with Gasteiger partial charge < -0.3 is 9.67 Å². The van der Waals surface area contributed by atoms with Crippen LogP contribution in [0.3, 0.4) is 0 Å². The summed E-state index contributed by atoms with van der Waals surface area (Å²) in [5.41, 5.74) is 1.56. The molecule has 30 heavy (non-hydrogen) atoms. The van der Waals surface area contributed by atoms with Gasteiger partial charge in [-0.2, -0.15) is 0 Å². The first-order valence-corrected chi connectivity index (χ1v) is 9.84. The fraction of sp³-hybridized carbons (Fsp3) is 0.238. The molecular formula is C21H16F4N2O2S. The summed E-state index contributed by atoms with van der Waals surface area (Å²) in [4.78, 5) is 15.8. The highest BCUT2D eigenvalue weighted by Crippen LogP contribution is 2.42. The Balaban J connectivity index is 2.07. The summed E-state index contributed by atoms with van der Waals surface area (Å²) in [6.07, 6.45) is 0. The maximum Gasteiger partial charge on any atom is 0.323 e. The van der Waals surface area contributed by atoms with Crippen molar-refractivity contribution in [3.8, 4) is 10.6 Å². The lowest BCUT2D eigenvalue weighted by Crippen LogP contribution is -2.10. The first-order valence-electron chi connectivity index (χ1n) is 9.02. The van der Waals surface area contributed by atoms with E-state index in [1.54, 1.807) is 13.0 Å². The number of benzene rings is 2. The van der Waals surface area contributed by atoms with Crippen LogP contribution in [0.4, 0.5) is 17.6 Å². The second kappa shape index (κ2) is 7.71. The van der Waals surface area contributed by atoms with Gasteiger partial charge in [0, 0.05) is 27.8 Å². The van der Waals surface area contributed by atoms with Crippen molar-refractivity contribution in [2.45, 2.75) is 33.5 Å². The third kappa shape index (κ3) is 3.04. The monoisotopic (exact) mass is 436 g/mol. The molecule has 0 atom stereocenters. The van der Waals surface area contributed by atoms with E-state index in [1.807, 2.05) is 0 Å². The van der Waals surface area contributed by atoms with Gasteiger partial charge in [0.2, 0.25) is 0 Å². The number of fused-ring (bicyclic) bond motifs is 2. The third-order valence-electron chi connectivity index (χ3n) is 5.16. The number of halogens is 4. The number of nitrogens with zero attached hydrogens (tertiary/aromatic N) is 2. The molecule has 0 bridgehead atoms. The van der Waals surface area contributed by atoms with E-state index in [4.69, 9.17) is 0 Å². The fourth-order valence-corrected chi connectivity index (χ4v) is 5.02. The zero-order chi connectivity index (χ0) is 21.6. The fourth-order valence-electron chi connectivity index (χ4n) is 3.82. The van der Waals surface area contributed by atoms with Crippen LogP contribution in [0, 0.1) is 12.7 Å². The van der Waals surface area contributed by atoms with E-state index in [2.05, 4.69) is 4.98 Å². The summed E-state index contributed by atoms with van der Waals surface area (Å²) in [6.45, 7) is -1.59. The summed E-state index contributed by atoms with van der Waals surface area (Å²) in [5, 5.41) is 10.1. The molecule has 0 saturated carbocycles. The lowest BCUT2D eigenvalue weighted by atomic mass is 10.0. The number of para-hydroxylation sites is 1. The van der Waals surface area contributed by atoms with E-state index >= 15 is 0 Å². The first kappa shape index (κ1) is 20.3. The van der Waals surface area contributed by atoms with Crippen LogP contribution in [-0.2, 0) is 31.4 Å². The van der Waals surface area contributed by atoms with E-state index in [0.717, 1.165) is 11.3 Å². The molecule has 2 aromatic heterocycles. The highest BCUT2D eigenvalue weighted by Gasteiger charge is 2.24. The minimum absolute atomic E-state index is 0.0468. The topological polar surface area (TPSA) is 55.1 Å². The number of alkyl halides is 3. The van der Waals surface area contributed by atoms with Crippen molar-refractivity contribution in [2.24, 2.45) is 0 Å². The lowest BCUT2D eigenvalue weighted by Gasteiger charge is -2.06. The molecule has 0 unspecified atom stereocenters. The van der Waals surface area contributed by atoms with Gasteiger partial charge in [0.25, 0.3) is 0 Å². The molecular weight excluding hydrogens is 420 g/mol. The quantitative estimate of drug-likeness (QED) is 0.385. The average molecular weight is 436 g/mol. The Bertz CT molecular complexity index is 1300. The summed E-state index contributed by atoms with van der Waals surface area (Å²) in [6, 6.07) is 5.68. The Morgan fingerprint density at radius 2 is 1.90 bits per heavy atom. The highest BCUT2D eigenvalue weighted by molar-refractivity contribution is 7.22. The second-order valence-electron chi connectivity index (χ2n) is 6.85. The predicted octanol–water partition coefficient (Wildman–Crippen LogP) is 5.86. The van der Waals surface area contributed by atoms with Crippen LogP contribution >= 0.6 is 11.3 Å². The van der Waals surface area contributed by atoms with E-state index in [0.29, 0.717) is 26.4 Å². The molecule has 2 heterocycles. The number of hydrogen-bond donors (Lipinski definition) is 1. The molecule has 0 fully saturated rings. The van der Waals surface area contributed by atoms with Crippen LogP contribution in [-0.4, -0.2) is 20.6 Å². The van der Waals surface area contributed by atoms with E-state index in [-0.39, 0.29) is 27.7 Å². The molecule has 4 aromatic rings. The van der Waals surface area contributed by atoms with Crippen LogP contribution < -0.4 is 0 Å². The van der Waals surface area contributed by atoms with Gasteiger partial charge in [0.1, 0.15) is 37.4 Å². The smallest absolute Gasteiger partial charge is 0.323 e. The third-order valence-corrected chi connectivity index (χ3v) is 6.31. The largest absolute Gasteiger partial charge is 0.480 e. The Morgan fingerprint density at radius 1 is 1.17 bits per heavy atom. The number of aromatic nitrogens is 2. The van der Waals surface area contributed by atoms with Crippen molar-refractivity contribution in [2.75, 3.05) is 0 Å². The summed E-state index contributed by atoms with van der Waals surface area (Å²) < 4.78 is 56.9. The lowest BCUT2D eigenvalue weighted by molar-refractivity contribution is -0.137. The van der Waals surface area contributed by atoms with Crippen LogP contribution in [0.5, 0.6) is 0 Å². The van der Waals surface area contributed by atoms with E-state index in [1.165, 1.54) is 22.8 Å². The zero-order valence-electron chi connectivity index (χ0n) is 15.8. The number of carboxylic acid groups (broad SMARTS) is 1. The molecule has 9 heteroatoms. The molecule has 1 N–H and O–H groups in total. The number of rotatable bonds is 6. The van der Waals surface area contributed by atoms with Gasteiger partial charge in [0.05, 0.1) is 15.7 Å². The van der Waals surface area contributed by atoms with Crippen molar-refractivity contribution in [3.63, 3.8) is 0 Å². The molecule has 156 valence electrons. The Hall–Kier alpha value is -2.94. The summed E-state index contributed by atoms with van der Waals surface area (Å²) in [5.74, 6) is -1.72. The predicted molar refractivity (Wildman–Crippen MR) is 107 cm³/mol. The first-order chi connectivity index (χ1) is 14.4. The normalized spacial score (nSPS) is 11.6. The molecule has 0 aliphatic heterocycles. The van der Waals surface area contributed by atoms with E-state index < -0.39 is 38.4 Å². The van der Waals surface area contributed by atoms with Gasteiger partial charge in [-0.05, 0) is 24.6 Å². The van der Waals surface area contributed by atoms with Gasteiger partial charge in [-0.3, -0.25) is 4.79 Å². The number of thiazole rings is 1. The molecule has 0 aliphatic rings. The maximum atomic E-state index is 14.6. The molecule has 4 rings (SSSR count). The molecule has 0 radical (unpaired) electrons. The summed E-state index contributed by atoms with van der Waals surface area (Å²) in [7, 11) is 0. The molecule has 0 aliphatic carbocycles. The van der Waals surface area contributed by atoms with Crippen molar-refractivity contribution in [1.82, 2.24) is 9.55 Å². The maximum absolute atomic E-state index is 14.6. The van der Waals surface area contributed by atoms with Gasteiger partial charge in [-0.1, -0.05) is 12.1 Å². The molecule has 0 spiro atoms.